The van der Waals surface area contributed by atoms with E-state index in [1.54, 1.807) is 0 Å². The maximum absolute atomic E-state index is 2.64. The van der Waals surface area contributed by atoms with E-state index in [1.165, 1.54) is 63.1 Å². The minimum absolute atomic E-state index is 0.673. The van der Waals surface area contributed by atoms with Crippen LogP contribution in [-0.4, -0.2) is 37.1 Å². The molecule has 0 bridgehead atoms. The number of hydrogen-bond donors (Lipinski definition) is 0. The standard InChI is InChI=1S/C16H24N2/c1-14-13-15-7-3-4-8-16(15)18(14)12-11-17-9-5-2-6-10-17/h3-4,7-8,14H,2,5-6,9-13H2,1H3. The predicted octanol–water partition coefficient (Wildman–Crippen LogP) is 2.92. The van der Waals surface area contributed by atoms with Gasteiger partial charge in [-0.1, -0.05) is 24.6 Å². The molecule has 18 heavy (non-hydrogen) atoms. The van der Waals surface area contributed by atoms with Gasteiger partial charge in [-0.15, -0.1) is 0 Å². The number of piperidine rings is 1. The molecule has 2 nitrogen and oxygen atoms in total. The monoisotopic (exact) mass is 244 g/mol. The summed E-state index contributed by atoms with van der Waals surface area (Å²) in [5.41, 5.74) is 3.01. The fourth-order valence-corrected chi connectivity index (χ4v) is 3.40. The van der Waals surface area contributed by atoms with Gasteiger partial charge in [0.05, 0.1) is 0 Å². The van der Waals surface area contributed by atoms with Crippen LogP contribution in [0.3, 0.4) is 0 Å². The van der Waals surface area contributed by atoms with E-state index >= 15 is 0 Å². The Morgan fingerprint density at radius 1 is 1.06 bits per heavy atom. The number of nitrogens with zero attached hydrogens (tertiary/aromatic N) is 2. The molecule has 0 aliphatic carbocycles. The Morgan fingerprint density at radius 2 is 1.83 bits per heavy atom. The second-order valence-electron chi connectivity index (χ2n) is 5.78. The molecule has 3 rings (SSSR count). The molecule has 0 spiro atoms. The minimum Gasteiger partial charge on any atom is -0.367 e. The number of fused-ring (bicyclic) bond motifs is 1. The van der Waals surface area contributed by atoms with Gasteiger partial charge in [-0.2, -0.15) is 0 Å². The second kappa shape index (κ2) is 5.31. The third kappa shape index (κ3) is 2.39. The molecule has 1 atom stereocenters. The highest BCUT2D eigenvalue weighted by molar-refractivity contribution is 5.59. The van der Waals surface area contributed by atoms with E-state index in [1.807, 2.05) is 0 Å². The SMILES string of the molecule is CC1Cc2ccccc2N1CCN1CCCCC1. The zero-order chi connectivity index (χ0) is 12.4. The largest absolute Gasteiger partial charge is 0.367 e. The molecule has 1 aromatic rings. The van der Waals surface area contributed by atoms with E-state index in [2.05, 4.69) is 41.0 Å². The van der Waals surface area contributed by atoms with Gasteiger partial charge in [-0.05, 0) is 50.9 Å². The summed E-state index contributed by atoms with van der Waals surface area (Å²) in [5, 5.41) is 0. The highest BCUT2D eigenvalue weighted by Gasteiger charge is 2.25. The van der Waals surface area contributed by atoms with E-state index in [4.69, 9.17) is 0 Å². The lowest BCUT2D eigenvalue weighted by Crippen LogP contribution is -2.40. The first kappa shape index (κ1) is 12.0. The Kier molecular flexibility index (Phi) is 3.55. The van der Waals surface area contributed by atoms with Crippen LogP contribution in [-0.2, 0) is 6.42 Å². The molecular formula is C16H24N2. The van der Waals surface area contributed by atoms with Gasteiger partial charge in [0.2, 0.25) is 0 Å². The number of likely N-dealkylation sites (tertiary alicyclic amines) is 1. The summed E-state index contributed by atoms with van der Waals surface area (Å²) in [4.78, 5) is 5.24. The van der Waals surface area contributed by atoms with Gasteiger partial charge in [0.25, 0.3) is 0 Å². The Balaban J connectivity index is 1.62. The summed E-state index contributed by atoms with van der Waals surface area (Å²) < 4.78 is 0. The normalized spacial score (nSPS) is 24.3. The van der Waals surface area contributed by atoms with Crippen LogP contribution >= 0.6 is 0 Å². The zero-order valence-electron chi connectivity index (χ0n) is 11.4. The summed E-state index contributed by atoms with van der Waals surface area (Å²) in [6, 6.07) is 9.58. The Bertz CT molecular complexity index is 396. The van der Waals surface area contributed by atoms with Crippen LogP contribution < -0.4 is 4.90 Å². The molecule has 0 amide bonds. The van der Waals surface area contributed by atoms with Gasteiger partial charge >= 0.3 is 0 Å². The first-order chi connectivity index (χ1) is 8.84. The predicted molar refractivity (Wildman–Crippen MR) is 77.2 cm³/mol. The van der Waals surface area contributed by atoms with Crippen molar-refractivity contribution in [2.24, 2.45) is 0 Å². The van der Waals surface area contributed by atoms with Crippen molar-refractivity contribution >= 4 is 5.69 Å². The van der Waals surface area contributed by atoms with Crippen LogP contribution in [0.2, 0.25) is 0 Å². The van der Waals surface area contributed by atoms with Crippen LogP contribution in [0.1, 0.15) is 31.7 Å². The second-order valence-corrected chi connectivity index (χ2v) is 5.78. The molecule has 1 aromatic carbocycles. The summed E-state index contributed by atoms with van der Waals surface area (Å²) in [6.07, 6.45) is 5.44. The van der Waals surface area contributed by atoms with E-state index in [-0.39, 0.29) is 0 Å². The molecule has 2 heteroatoms. The number of anilines is 1. The van der Waals surface area contributed by atoms with Crippen LogP contribution in [0.15, 0.2) is 24.3 Å². The molecule has 0 aromatic heterocycles. The number of rotatable bonds is 3. The van der Waals surface area contributed by atoms with Gasteiger partial charge in [-0.3, -0.25) is 0 Å². The van der Waals surface area contributed by atoms with Crippen LogP contribution in [0, 0.1) is 0 Å². The topological polar surface area (TPSA) is 6.48 Å². The number of para-hydroxylation sites is 1. The molecule has 0 N–H and O–H groups in total. The summed E-state index contributed by atoms with van der Waals surface area (Å²) in [7, 11) is 0. The van der Waals surface area contributed by atoms with E-state index in [0.717, 1.165) is 0 Å². The van der Waals surface area contributed by atoms with E-state index in [9.17, 15) is 0 Å². The van der Waals surface area contributed by atoms with Crippen molar-refractivity contribution in [3.05, 3.63) is 29.8 Å². The molecule has 1 fully saturated rings. The van der Waals surface area contributed by atoms with E-state index in [0.29, 0.717) is 6.04 Å². The van der Waals surface area contributed by atoms with Crippen LogP contribution in [0.5, 0.6) is 0 Å². The van der Waals surface area contributed by atoms with Crippen molar-refractivity contribution in [1.29, 1.82) is 0 Å². The fraction of sp³-hybridized carbons (Fsp3) is 0.625. The maximum atomic E-state index is 2.64. The van der Waals surface area contributed by atoms with Gasteiger partial charge in [-0.25, -0.2) is 0 Å². The number of hydrogen-bond acceptors (Lipinski definition) is 2. The molecular weight excluding hydrogens is 220 g/mol. The number of benzene rings is 1. The van der Waals surface area contributed by atoms with Crippen molar-refractivity contribution < 1.29 is 0 Å². The minimum atomic E-state index is 0.673. The smallest absolute Gasteiger partial charge is 0.0402 e. The van der Waals surface area contributed by atoms with Gasteiger partial charge in [0, 0.05) is 24.8 Å². The van der Waals surface area contributed by atoms with Crippen molar-refractivity contribution in [1.82, 2.24) is 4.90 Å². The average Bonchev–Trinajstić information content (AvgIpc) is 2.73. The Morgan fingerprint density at radius 3 is 2.67 bits per heavy atom. The van der Waals surface area contributed by atoms with Crippen LogP contribution in [0.4, 0.5) is 5.69 Å². The molecule has 1 unspecified atom stereocenters. The van der Waals surface area contributed by atoms with Crippen molar-refractivity contribution in [3.8, 4) is 0 Å². The van der Waals surface area contributed by atoms with Crippen molar-refractivity contribution in [3.63, 3.8) is 0 Å². The molecule has 2 aliphatic rings. The van der Waals surface area contributed by atoms with Crippen LogP contribution in [0.25, 0.3) is 0 Å². The van der Waals surface area contributed by atoms with Gasteiger partial charge in [0.1, 0.15) is 0 Å². The van der Waals surface area contributed by atoms with Crippen molar-refractivity contribution in [2.45, 2.75) is 38.6 Å². The molecule has 0 radical (unpaired) electrons. The third-order valence-electron chi connectivity index (χ3n) is 4.45. The first-order valence-corrected chi connectivity index (χ1v) is 7.41. The zero-order valence-corrected chi connectivity index (χ0v) is 11.4. The lowest BCUT2D eigenvalue weighted by Gasteiger charge is -2.31. The maximum Gasteiger partial charge on any atom is 0.0402 e. The average molecular weight is 244 g/mol. The van der Waals surface area contributed by atoms with Gasteiger partial charge in [0.15, 0.2) is 0 Å². The Labute approximate surface area is 111 Å². The van der Waals surface area contributed by atoms with Gasteiger partial charge < -0.3 is 9.80 Å². The van der Waals surface area contributed by atoms with E-state index < -0.39 is 0 Å². The Hall–Kier alpha value is -1.02. The molecule has 1 saturated heterocycles. The highest BCUT2D eigenvalue weighted by Crippen LogP contribution is 2.31. The summed E-state index contributed by atoms with van der Waals surface area (Å²) in [6.45, 7) is 7.40. The lowest BCUT2D eigenvalue weighted by molar-refractivity contribution is 0.232. The summed E-state index contributed by atoms with van der Waals surface area (Å²) >= 11 is 0. The summed E-state index contributed by atoms with van der Waals surface area (Å²) in [5.74, 6) is 0. The molecule has 98 valence electrons. The highest BCUT2D eigenvalue weighted by atomic mass is 15.2. The third-order valence-corrected chi connectivity index (χ3v) is 4.45. The fourth-order valence-electron chi connectivity index (χ4n) is 3.40. The molecule has 2 heterocycles. The molecule has 0 saturated carbocycles. The quantitative estimate of drug-likeness (QED) is 0.806. The molecule has 2 aliphatic heterocycles. The van der Waals surface area contributed by atoms with Crippen molar-refractivity contribution in [2.75, 3.05) is 31.1 Å². The lowest BCUT2D eigenvalue weighted by atomic mass is 10.1. The first-order valence-electron chi connectivity index (χ1n) is 7.41.